The Morgan fingerprint density at radius 3 is 2.62 bits per heavy atom. The zero-order valence-electron chi connectivity index (χ0n) is 11.7. The molecular formula is C17H16Cl2N2. The molecule has 0 aliphatic rings. The molecular weight excluding hydrogens is 303 g/mol. The van der Waals surface area contributed by atoms with Crippen molar-refractivity contribution in [1.29, 1.82) is 0 Å². The molecule has 4 heteroatoms. The number of hydrogen-bond donors (Lipinski definition) is 1. The van der Waals surface area contributed by atoms with E-state index in [4.69, 9.17) is 23.2 Å². The fraction of sp³-hybridized carbons (Fsp3) is 0.176. The van der Waals surface area contributed by atoms with Gasteiger partial charge in [-0.25, -0.2) is 0 Å². The molecule has 0 amide bonds. The van der Waals surface area contributed by atoms with E-state index >= 15 is 0 Å². The Bertz CT molecular complexity index is 778. The van der Waals surface area contributed by atoms with E-state index in [0.717, 1.165) is 12.1 Å². The Hall–Kier alpha value is -1.48. The van der Waals surface area contributed by atoms with Crippen molar-refractivity contribution in [2.75, 3.05) is 7.05 Å². The van der Waals surface area contributed by atoms with Crippen molar-refractivity contribution < 1.29 is 0 Å². The van der Waals surface area contributed by atoms with Crippen LogP contribution in [0.5, 0.6) is 0 Å². The first-order valence-corrected chi connectivity index (χ1v) is 7.60. The summed E-state index contributed by atoms with van der Waals surface area (Å²) in [5, 5.41) is 5.71. The Morgan fingerprint density at radius 2 is 1.81 bits per heavy atom. The van der Waals surface area contributed by atoms with E-state index in [2.05, 4.69) is 40.3 Å². The standard InChI is InChI=1S/C17H16Cl2N2/c1-20-9-13-11-21(16-8-3-2-6-14(13)16)10-12-5-4-7-15(18)17(12)19/h2-8,11,20H,9-10H2,1H3. The molecule has 0 unspecified atom stereocenters. The van der Waals surface area contributed by atoms with Crippen LogP contribution in [0.15, 0.2) is 48.7 Å². The van der Waals surface area contributed by atoms with E-state index in [1.165, 1.54) is 16.5 Å². The molecule has 21 heavy (non-hydrogen) atoms. The second kappa shape index (κ2) is 6.10. The molecule has 2 nitrogen and oxygen atoms in total. The maximum absolute atomic E-state index is 6.30. The van der Waals surface area contributed by atoms with Crippen LogP contribution in [0, 0.1) is 0 Å². The number of hydrogen-bond acceptors (Lipinski definition) is 1. The highest BCUT2D eigenvalue weighted by atomic mass is 35.5. The molecule has 3 aromatic rings. The average molecular weight is 319 g/mol. The molecule has 0 bridgehead atoms. The third-order valence-corrected chi connectivity index (χ3v) is 4.47. The van der Waals surface area contributed by atoms with Gasteiger partial charge in [-0.15, -0.1) is 0 Å². The van der Waals surface area contributed by atoms with Gasteiger partial charge in [0.1, 0.15) is 0 Å². The Balaban J connectivity index is 2.06. The van der Waals surface area contributed by atoms with Crippen LogP contribution in [0.4, 0.5) is 0 Å². The Kier molecular flexibility index (Phi) is 4.20. The lowest BCUT2D eigenvalue weighted by Gasteiger charge is -2.08. The van der Waals surface area contributed by atoms with Gasteiger partial charge in [0.25, 0.3) is 0 Å². The zero-order valence-corrected chi connectivity index (χ0v) is 13.2. The minimum Gasteiger partial charge on any atom is -0.343 e. The maximum atomic E-state index is 6.30. The maximum Gasteiger partial charge on any atom is 0.0642 e. The quantitative estimate of drug-likeness (QED) is 0.736. The van der Waals surface area contributed by atoms with Crippen molar-refractivity contribution in [1.82, 2.24) is 9.88 Å². The van der Waals surface area contributed by atoms with Gasteiger partial charge in [-0.1, -0.05) is 53.5 Å². The van der Waals surface area contributed by atoms with Gasteiger partial charge in [0.2, 0.25) is 0 Å². The van der Waals surface area contributed by atoms with Gasteiger partial charge in [0.15, 0.2) is 0 Å². The number of aromatic nitrogens is 1. The lowest BCUT2D eigenvalue weighted by atomic mass is 10.2. The molecule has 1 N–H and O–H groups in total. The predicted molar refractivity (Wildman–Crippen MR) is 90.3 cm³/mol. The molecule has 0 fully saturated rings. The molecule has 0 aliphatic heterocycles. The normalized spacial score (nSPS) is 11.2. The molecule has 0 atom stereocenters. The first-order valence-electron chi connectivity index (χ1n) is 6.85. The summed E-state index contributed by atoms with van der Waals surface area (Å²) < 4.78 is 2.22. The van der Waals surface area contributed by atoms with Crippen molar-refractivity contribution in [2.24, 2.45) is 0 Å². The smallest absolute Gasteiger partial charge is 0.0642 e. The fourth-order valence-electron chi connectivity index (χ4n) is 2.64. The summed E-state index contributed by atoms with van der Waals surface area (Å²) in [4.78, 5) is 0. The summed E-state index contributed by atoms with van der Waals surface area (Å²) in [5.74, 6) is 0. The number of nitrogens with zero attached hydrogens (tertiary/aromatic N) is 1. The van der Waals surface area contributed by atoms with Crippen molar-refractivity contribution in [3.63, 3.8) is 0 Å². The van der Waals surface area contributed by atoms with E-state index in [1.807, 2.05) is 25.2 Å². The van der Waals surface area contributed by atoms with Crippen LogP contribution in [0.3, 0.4) is 0 Å². The van der Waals surface area contributed by atoms with Crippen molar-refractivity contribution in [3.05, 3.63) is 69.8 Å². The number of halogens is 2. The monoisotopic (exact) mass is 318 g/mol. The second-order valence-corrected chi connectivity index (χ2v) is 5.83. The van der Waals surface area contributed by atoms with E-state index in [0.29, 0.717) is 16.6 Å². The summed E-state index contributed by atoms with van der Waals surface area (Å²) in [6.07, 6.45) is 2.18. The average Bonchev–Trinajstić information content (AvgIpc) is 2.83. The summed E-state index contributed by atoms with van der Waals surface area (Å²) in [5.41, 5.74) is 3.52. The molecule has 108 valence electrons. The molecule has 0 aliphatic carbocycles. The Labute approximate surface area is 134 Å². The molecule has 0 saturated carbocycles. The van der Waals surface area contributed by atoms with Crippen LogP contribution >= 0.6 is 23.2 Å². The summed E-state index contributed by atoms with van der Waals surface area (Å²) in [7, 11) is 1.96. The number of benzene rings is 2. The number of fused-ring (bicyclic) bond motifs is 1. The number of nitrogens with one attached hydrogen (secondary N) is 1. The van der Waals surface area contributed by atoms with Crippen LogP contribution in [-0.2, 0) is 13.1 Å². The highest BCUT2D eigenvalue weighted by Crippen LogP contribution is 2.28. The van der Waals surface area contributed by atoms with Crippen molar-refractivity contribution in [3.8, 4) is 0 Å². The molecule has 1 aromatic heterocycles. The van der Waals surface area contributed by atoms with Gasteiger partial charge >= 0.3 is 0 Å². The van der Waals surface area contributed by atoms with Gasteiger partial charge in [-0.2, -0.15) is 0 Å². The van der Waals surface area contributed by atoms with Gasteiger partial charge in [-0.05, 0) is 30.3 Å². The molecule has 3 rings (SSSR count). The molecule has 0 saturated heterocycles. The van der Waals surface area contributed by atoms with E-state index in [-0.39, 0.29) is 0 Å². The van der Waals surface area contributed by atoms with E-state index in [1.54, 1.807) is 0 Å². The first kappa shape index (κ1) is 14.5. The Morgan fingerprint density at radius 1 is 1.00 bits per heavy atom. The van der Waals surface area contributed by atoms with Crippen LogP contribution in [0.1, 0.15) is 11.1 Å². The topological polar surface area (TPSA) is 17.0 Å². The van der Waals surface area contributed by atoms with Crippen LogP contribution in [-0.4, -0.2) is 11.6 Å². The second-order valence-electron chi connectivity index (χ2n) is 5.04. The molecule has 1 heterocycles. The number of para-hydroxylation sites is 1. The van der Waals surface area contributed by atoms with Crippen LogP contribution in [0.25, 0.3) is 10.9 Å². The minimum atomic E-state index is 0.598. The van der Waals surface area contributed by atoms with Crippen LogP contribution in [0.2, 0.25) is 10.0 Å². The van der Waals surface area contributed by atoms with Crippen molar-refractivity contribution >= 4 is 34.1 Å². The largest absolute Gasteiger partial charge is 0.343 e. The van der Waals surface area contributed by atoms with E-state index < -0.39 is 0 Å². The molecule has 2 aromatic carbocycles. The lowest BCUT2D eigenvalue weighted by molar-refractivity contribution is 0.795. The highest BCUT2D eigenvalue weighted by Gasteiger charge is 2.10. The predicted octanol–water partition coefficient (Wildman–Crippen LogP) is 4.72. The molecule has 0 spiro atoms. The summed E-state index contributed by atoms with van der Waals surface area (Å²) in [6.45, 7) is 1.56. The zero-order chi connectivity index (χ0) is 14.8. The fourth-order valence-corrected chi connectivity index (χ4v) is 3.02. The summed E-state index contributed by atoms with van der Waals surface area (Å²) >= 11 is 12.4. The van der Waals surface area contributed by atoms with Crippen LogP contribution < -0.4 is 5.32 Å². The van der Waals surface area contributed by atoms with Gasteiger partial charge < -0.3 is 9.88 Å². The third-order valence-electron chi connectivity index (χ3n) is 3.61. The first-order chi connectivity index (χ1) is 10.2. The SMILES string of the molecule is CNCc1cn(Cc2cccc(Cl)c2Cl)c2ccccc12. The van der Waals surface area contributed by atoms with Gasteiger partial charge in [0, 0.05) is 30.2 Å². The summed E-state index contributed by atoms with van der Waals surface area (Å²) in [6, 6.07) is 14.2. The van der Waals surface area contributed by atoms with Gasteiger partial charge in [-0.3, -0.25) is 0 Å². The van der Waals surface area contributed by atoms with Crippen molar-refractivity contribution in [2.45, 2.75) is 13.1 Å². The lowest BCUT2D eigenvalue weighted by Crippen LogP contribution is -2.04. The number of rotatable bonds is 4. The molecule has 0 radical (unpaired) electrons. The van der Waals surface area contributed by atoms with Gasteiger partial charge in [0.05, 0.1) is 10.0 Å². The third kappa shape index (κ3) is 2.80. The highest BCUT2D eigenvalue weighted by molar-refractivity contribution is 6.42. The van der Waals surface area contributed by atoms with E-state index in [9.17, 15) is 0 Å². The minimum absolute atomic E-state index is 0.598.